The minimum Gasteiger partial charge on any atom is -0.452 e. The molecule has 0 fully saturated rings. The molecule has 2 aromatic carbocycles. The monoisotopic (exact) mass is 461 g/mol. The number of carbonyl (C=O) groups is 2. The Kier molecular flexibility index (Phi) is 6.88. The van der Waals surface area contributed by atoms with Crippen LogP contribution in [0.15, 0.2) is 52.8 Å². The molecule has 1 N–H and O–H groups in total. The van der Waals surface area contributed by atoms with Crippen LogP contribution in [0.3, 0.4) is 0 Å². The van der Waals surface area contributed by atoms with Crippen molar-refractivity contribution < 1.29 is 19.2 Å². The third-order valence-corrected chi connectivity index (χ3v) is 5.67. The molecule has 0 atom stereocenters. The number of esters is 1. The summed E-state index contributed by atoms with van der Waals surface area (Å²) in [6.45, 7) is 1.18. The van der Waals surface area contributed by atoms with Crippen molar-refractivity contribution >= 4 is 46.6 Å². The topological polar surface area (TPSA) is 129 Å². The molecule has 3 rings (SSSR count). The van der Waals surface area contributed by atoms with Gasteiger partial charge in [0.05, 0.1) is 15.4 Å². The highest BCUT2D eigenvalue weighted by atomic mass is 35.5. The van der Waals surface area contributed by atoms with Gasteiger partial charge in [-0.1, -0.05) is 17.7 Å². The quantitative estimate of drug-likeness (QED) is 0.320. The maximum absolute atomic E-state index is 12.3. The van der Waals surface area contributed by atoms with Gasteiger partial charge in [0.15, 0.2) is 11.8 Å². The maximum atomic E-state index is 12.3. The number of hydrogen-bond acceptors (Lipinski definition) is 8. The molecule has 12 heteroatoms. The molecule has 0 unspecified atom stereocenters. The normalized spacial score (nSPS) is 10.5. The average molecular weight is 462 g/mol. The molecule has 0 saturated heterocycles. The summed E-state index contributed by atoms with van der Waals surface area (Å²) in [4.78, 5) is 35.5. The Labute approximate surface area is 185 Å². The Morgan fingerprint density at radius 3 is 2.77 bits per heavy atom. The third kappa shape index (κ3) is 5.38. The summed E-state index contributed by atoms with van der Waals surface area (Å²) in [6, 6.07) is 8.93. The molecule has 31 heavy (non-hydrogen) atoms. The number of halogens is 1. The van der Waals surface area contributed by atoms with Crippen LogP contribution in [0.25, 0.3) is 0 Å². The number of amides is 1. The summed E-state index contributed by atoms with van der Waals surface area (Å²) >= 11 is 7.05. The van der Waals surface area contributed by atoms with E-state index >= 15 is 0 Å². The third-order valence-electron chi connectivity index (χ3n) is 4.14. The molecule has 1 heterocycles. The van der Waals surface area contributed by atoms with E-state index in [1.54, 1.807) is 36.7 Å². The molecule has 0 aliphatic heterocycles. The molecule has 3 aromatic rings. The van der Waals surface area contributed by atoms with Crippen LogP contribution < -0.4 is 5.32 Å². The molecule has 0 bridgehead atoms. The maximum Gasteiger partial charge on any atom is 0.338 e. The van der Waals surface area contributed by atoms with Crippen LogP contribution in [0, 0.1) is 17.0 Å². The number of aryl methyl sites for hydroxylation is 1. The van der Waals surface area contributed by atoms with Crippen molar-refractivity contribution in [2.75, 3.05) is 11.9 Å². The van der Waals surface area contributed by atoms with Crippen LogP contribution in [-0.4, -0.2) is 38.2 Å². The number of ether oxygens (including phenoxy) is 1. The minimum absolute atomic E-state index is 0.0549. The van der Waals surface area contributed by atoms with Crippen molar-refractivity contribution in [1.29, 1.82) is 0 Å². The predicted molar refractivity (Wildman–Crippen MR) is 113 cm³/mol. The van der Waals surface area contributed by atoms with Crippen LogP contribution in [0.5, 0.6) is 0 Å². The number of rotatable bonds is 7. The van der Waals surface area contributed by atoms with Crippen molar-refractivity contribution in [3.63, 3.8) is 0 Å². The zero-order chi connectivity index (χ0) is 22.5. The van der Waals surface area contributed by atoms with Gasteiger partial charge in [-0.05, 0) is 48.5 Å². The van der Waals surface area contributed by atoms with Crippen molar-refractivity contribution in [3.05, 3.63) is 69.0 Å². The second-order valence-corrected chi connectivity index (χ2v) is 7.72. The van der Waals surface area contributed by atoms with E-state index in [9.17, 15) is 19.7 Å². The van der Waals surface area contributed by atoms with Crippen molar-refractivity contribution in [2.45, 2.75) is 17.0 Å². The fourth-order valence-electron chi connectivity index (χ4n) is 2.48. The van der Waals surface area contributed by atoms with Gasteiger partial charge in [0.25, 0.3) is 11.6 Å². The van der Waals surface area contributed by atoms with Crippen LogP contribution >= 0.6 is 23.4 Å². The highest BCUT2D eigenvalue weighted by molar-refractivity contribution is 7.99. The standard InChI is InChI=1S/C19H16ClN5O5S/c1-11-13(20)4-3-5-14(11)22-17(26)9-30-18(27)12-6-7-16(15(8-12)25(28)29)31-19-23-21-10-24(19)2/h3-8,10H,9H2,1-2H3,(H,22,26). The summed E-state index contributed by atoms with van der Waals surface area (Å²) in [5.74, 6) is -1.43. The number of nitrogens with one attached hydrogen (secondary N) is 1. The van der Waals surface area contributed by atoms with E-state index in [0.29, 0.717) is 21.4 Å². The molecule has 0 aliphatic rings. The fraction of sp³-hybridized carbons (Fsp3) is 0.158. The van der Waals surface area contributed by atoms with Gasteiger partial charge in [0, 0.05) is 23.8 Å². The van der Waals surface area contributed by atoms with Gasteiger partial charge >= 0.3 is 5.97 Å². The fourth-order valence-corrected chi connectivity index (χ4v) is 3.50. The molecular weight excluding hydrogens is 446 g/mol. The largest absolute Gasteiger partial charge is 0.452 e. The van der Waals surface area contributed by atoms with E-state index in [-0.39, 0.29) is 16.1 Å². The number of aromatic nitrogens is 3. The molecule has 10 nitrogen and oxygen atoms in total. The second kappa shape index (κ2) is 9.58. The number of anilines is 1. The SMILES string of the molecule is Cc1c(Cl)cccc1NC(=O)COC(=O)c1ccc(Sc2nncn2C)c([N+](=O)[O-])c1. The van der Waals surface area contributed by atoms with Crippen LogP contribution in [0.4, 0.5) is 11.4 Å². The first-order valence-electron chi connectivity index (χ1n) is 8.78. The number of carbonyl (C=O) groups excluding carboxylic acids is 2. The van der Waals surface area contributed by atoms with Gasteiger partial charge in [-0.15, -0.1) is 10.2 Å². The van der Waals surface area contributed by atoms with Crippen molar-refractivity contribution in [1.82, 2.24) is 14.8 Å². The van der Waals surface area contributed by atoms with Gasteiger partial charge in [-0.3, -0.25) is 14.9 Å². The predicted octanol–water partition coefficient (Wildman–Crippen LogP) is 3.63. The number of nitro groups is 1. The summed E-state index contributed by atoms with van der Waals surface area (Å²) in [7, 11) is 1.70. The lowest BCUT2D eigenvalue weighted by Crippen LogP contribution is -2.21. The first kappa shape index (κ1) is 22.2. The summed E-state index contributed by atoms with van der Waals surface area (Å²) in [6.07, 6.45) is 1.47. The van der Waals surface area contributed by atoms with Gasteiger partial charge in [-0.25, -0.2) is 4.79 Å². The van der Waals surface area contributed by atoms with Gasteiger partial charge in [0.2, 0.25) is 0 Å². The Balaban J connectivity index is 1.67. The van der Waals surface area contributed by atoms with Crippen LogP contribution in [0.1, 0.15) is 15.9 Å². The summed E-state index contributed by atoms with van der Waals surface area (Å²) < 4.78 is 6.60. The molecule has 0 radical (unpaired) electrons. The summed E-state index contributed by atoms with van der Waals surface area (Å²) in [5.41, 5.74) is 0.826. The highest BCUT2D eigenvalue weighted by Gasteiger charge is 2.21. The zero-order valence-electron chi connectivity index (χ0n) is 16.4. The molecule has 1 aromatic heterocycles. The molecule has 160 valence electrons. The molecule has 0 saturated carbocycles. The zero-order valence-corrected chi connectivity index (χ0v) is 17.9. The van der Waals surface area contributed by atoms with Gasteiger partial charge in [0.1, 0.15) is 6.33 Å². The molecule has 0 aliphatic carbocycles. The van der Waals surface area contributed by atoms with E-state index in [1.165, 1.54) is 18.5 Å². The van der Waals surface area contributed by atoms with E-state index in [2.05, 4.69) is 15.5 Å². The van der Waals surface area contributed by atoms with E-state index in [1.807, 2.05) is 0 Å². The smallest absolute Gasteiger partial charge is 0.338 e. The van der Waals surface area contributed by atoms with Gasteiger partial charge < -0.3 is 14.6 Å². The number of nitro benzene ring substituents is 1. The van der Waals surface area contributed by atoms with Crippen molar-refractivity contribution in [2.24, 2.45) is 7.05 Å². The lowest BCUT2D eigenvalue weighted by atomic mass is 10.2. The van der Waals surface area contributed by atoms with E-state index in [4.69, 9.17) is 16.3 Å². The first-order chi connectivity index (χ1) is 14.8. The lowest BCUT2D eigenvalue weighted by molar-refractivity contribution is -0.387. The van der Waals surface area contributed by atoms with E-state index < -0.39 is 23.4 Å². The Morgan fingerprint density at radius 1 is 1.32 bits per heavy atom. The molecule has 1 amide bonds. The number of hydrogen-bond donors (Lipinski definition) is 1. The number of nitrogens with zero attached hydrogens (tertiary/aromatic N) is 4. The average Bonchev–Trinajstić information content (AvgIpc) is 3.14. The Hall–Kier alpha value is -3.44. The second-order valence-electron chi connectivity index (χ2n) is 6.30. The molecule has 0 spiro atoms. The van der Waals surface area contributed by atoms with Crippen LogP contribution in [-0.2, 0) is 16.6 Å². The molecular formula is C19H16ClN5O5S. The number of benzene rings is 2. The van der Waals surface area contributed by atoms with Crippen molar-refractivity contribution in [3.8, 4) is 0 Å². The highest BCUT2D eigenvalue weighted by Crippen LogP contribution is 2.34. The minimum atomic E-state index is -0.865. The van der Waals surface area contributed by atoms with E-state index in [0.717, 1.165) is 17.8 Å². The Bertz CT molecular complexity index is 1170. The Morgan fingerprint density at radius 2 is 2.10 bits per heavy atom. The first-order valence-corrected chi connectivity index (χ1v) is 9.98. The van der Waals surface area contributed by atoms with Gasteiger partial charge in [-0.2, -0.15) is 0 Å². The summed E-state index contributed by atoms with van der Waals surface area (Å²) in [5, 5.41) is 22.6. The van der Waals surface area contributed by atoms with Crippen LogP contribution in [0.2, 0.25) is 5.02 Å². The lowest BCUT2D eigenvalue weighted by Gasteiger charge is -2.10.